The molecular formula is C43H80NO9P. The molecule has 0 bridgehead atoms. The molecule has 54 heavy (non-hydrogen) atoms. The van der Waals surface area contributed by atoms with Crippen molar-refractivity contribution >= 4 is 19.8 Å². The minimum Gasteiger partial charge on any atom is -0.480 e. The van der Waals surface area contributed by atoms with Crippen LogP contribution in [0.2, 0.25) is 0 Å². The smallest absolute Gasteiger partial charge is 0.472 e. The maximum Gasteiger partial charge on any atom is 0.472 e. The topological polar surface area (TPSA) is 155 Å². The van der Waals surface area contributed by atoms with Gasteiger partial charge < -0.3 is 25.2 Å². The number of phosphoric acid groups is 1. The van der Waals surface area contributed by atoms with E-state index in [1.54, 1.807) is 0 Å². The number of unbranched alkanes of at least 4 members (excludes halogenated alkanes) is 21. The van der Waals surface area contributed by atoms with Crippen LogP contribution in [0, 0.1) is 0 Å². The van der Waals surface area contributed by atoms with Crippen LogP contribution in [-0.2, 0) is 32.7 Å². The number of hydrogen-bond donors (Lipinski definition) is 3. The van der Waals surface area contributed by atoms with Crippen molar-refractivity contribution in [2.45, 2.75) is 199 Å². The first-order valence-electron chi connectivity index (χ1n) is 21.5. The largest absolute Gasteiger partial charge is 0.480 e. The third-order valence-electron chi connectivity index (χ3n) is 9.17. The van der Waals surface area contributed by atoms with Crippen LogP contribution >= 0.6 is 7.82 Å². The van der Waals surface area contributed by atoms with Gasteiger partial charge in [-0.15, -0.1) is 0 Å². The van der Waals surface area contributed by atoms with E-state index in [1.807, 2.05) is 0 Å². The average molecular weight is 786 g/mol. The van der Waals surface area contributed by atoms with E-state index in [2.05, 4.69) is 50.3 Å². The normalized spacial score (nSPS) is 14.3. The molecule has 0 aromatic carbocycles. The van der Waals surface area contributed by atoms with Gasteiger partial charge >= 0.3 is 19.8 Å². The summed E-state index contributed by atoms with van der Waals surface area (Å²) in [6.45, 7) is 3.83. The Morgan fingerprint density at radius 2 is 1.02 bits per heavy atom. The number of esters is 1. The number of hydrogen-bond acceptors (Lipinski definition) is 8. The number of carbonyl (C=O) groups excluding carboxylic acids is 1. The van der Waals surface area contributed by atoms with E-state index in [0.29, 0.717) is 13.0 Å². The van der Waals surface area contributed by atoms with E-state index in [4.69, 9.17) is 29.4 Å². The van der Waals surface area contributed by atoms with Gasteiger partial charge in [0, 0.05) is 13.0 Å². The second-order valence-electron chi connectivity index (χ2n) is 14.5. The molecule has 0 aliphatic heterocycles. The Morgan fingerprint density at radius 3 is 1.56 bits per heavy atom. The maximum absolute atomic E-state index is 12.6. The summed E-state index contributed by atoms with van der Waals surface area (Å²) in [7, 11) is -4.61. The lowest BCUT2D eigenvalue weighted by Crippen LogP contribution is -2.34. The van der Waals surface area contributed by atoms with E-state index < -0.39 is 45.1 Å². The van der Waals surface area contributed by atoms with Crippen molar-refractivity contribution in [3.05, 3.63) is 36.5 Å². The molecule has 0 radical (unpaired) electrons. The molecule has 0 aromatic heterocycles. The molecule has 3 unspecified atom stereocenters. The Balaban J connectivity index is 4.22. The first-order chi connectivity index (χ1) is 26.2. The lowest BCUT2D eigenvalue weighted by atomic mass is 10.0. The van der Waals surface area contributed by atoms with Gasteiger partial charge in [0.15, 0.2) is 0 Å². The highest BCUT2D eigenvalue weighted by atomic mass is 31.2. The number of carboxylic acids is 1. The predicted molar refractivity (Wildman–Crippen MR) is 221 cm³/mol. The van der Waals surface area contributed by atoms with Crippen molar-refractivity contribution in [2.75, 3.05) is 26.4 Å². The van der Waals surface area contributed by atoms with Crippen LogP contribution in [0.15, 0.2) is 36.5 Å². The molecule has 4 N–H and O–H groups in total. The summed E-state index contributed by atoms with van der Waals surface area (Å²) in [5.41, 5.74) is 5.35. The highest BCUT2D eigenvalue weighted by Gasteiger charge is 2.27. The van der Waals surface area contributed by atoms with Crippen molar-refractivity contribution in [3.63, 3.8) is 0 Å². The molecule has 11 heteroatoms. The molecule has 0 fully saturated rings. The Hall–Kier alpha value is -1.81. The van der Waals surface area contributed by atoms with Crippen LogP contribution in [0.3, 0.4) is 0 Å². The molecule has 0 heterocycles. The second-order valence-corrected chi connectivity index (χ2v) is 15.9. The van der Waals surface area contributed by atoms with Gasteiger partial charge in [0.2, 0.25) is 0 Å². The van der Waals surface area contributed by atoms with Crippen molar-refractivity contribution in [2.24, 2.45) is 5.73 Å². The van der Waals surface area contributed by atoms with Crippen LogP contribution in [0.5, 0.6) is 0 Å². The van der Waals surface area contributed by atoms with Crippen LogP contribution in [0.1, 0.15) is 187 Å². The third kappa shape index (κ3) is 38.5. The monoisotopic (exact) mass is 786 g/mol. The summed E-state index contributed by atoms with van der Waals surface area (Å²) in [5, 5.41) is 8.88. The van der Waals surface area contributed by atoms with Crippen LogP contribution in [0.4, 0.5) is 0 Å². The minimum atomic E-state index is -4.61. The summed E-state index contributed by atoms with van der Waals surface area (Å²) < 4.78 is 33.3. The summed E-state index contributed by atoms with van der Waals surface area (Å²) in [6, 6.07) is -1.47. The first-order valence-corrected chi connectivity index (χ1v) is 23.0. The fraction of sp³-hybridized carbons (Fsp3) is 0.814. The molecule has 0 amide bonds. The number of rotatable bonds is 41. The molecule has 0 rings (SSSR count). The highest BCUT2D eigenvalue weighted by molar-refractivity contribution is 7.47. The Labute approximate surface area is 329 Å². The van der Waals surface area contributed by atoms with E-state index in [0.717, 1.165) is 51.4 Å². The molecule has 0 aliphatic carbocycles. The first kappa shape index (κ1) is 52.2. The van der Waals surface area contributed by atoms with Crippen molar-refractivity contribution in [1.82, 2.24) is 0 Å². The van der Waals surface area contributed by atoms with Gasteiger partial charge in [-0.3, -0.25) is 18.6 Å². The lowest BCUT2D eigenvalue weighted by Gasteiger charge is -2.20. The van der Waals surface area contributed by atoms with Gasteiger partial charge in [0.25, 0.3) is 0 Å². The number of carboxylic acid groups (broad SMARTS) is 1. The molecule has 0 saturated carbocycles. The summed E-state index contributed by atoms with van der Waals surface area (Å²) >= 11 is 0. The molecule has 10 nitrogen and oxygen atoms in total. The van der Waals surface area contributed by atoms with Gasteiger partial charge in [-0.1, -0.05) is 166 Å². The molecule has 0 aliphatic rings. The standard InChI is InChI=1S/C43H80NO9P/c1-3-5-7-9-11-13-15-17-18-19-20-21-22-23-24-26-28-30-32-34-36-50-37-40(38-51-54(48,49)52-39-41(44)43(46)47)53-42(45)35-33-31-29-27-25-16-14-12-10-8-6-4-2/h11,13,17-18,20-21,40-41H,3-10,12,14-16,19,22-39,44H2,1-2H3,(H,46,47)(H,48,49)/b13-11-,18-17-,21-20-. The molecule has 0 saturated heterocycles. The van der Waals surface area contributed by atoms with Gasteiger partial charge in [-0.25, -0.2) is 4.57 Å². The van der Waals surface area contributed by atoms with Crippen molar-refractivity contribution in [3.8, 4) is 0 Å². The summed E-state index contributed by atoms with van der Waals surface area (Å²) in [6.07, 6.45) is 43.3. The predicted octanol–water partition coefficient (Wildman–Crippen LogP) is 11.7. The average Bonchev–Trinajstić information content (AvgIpc) is 3.15. The van der Waals surface area contributed by atoms with Gasteiger partial charge in [0.1, 0.15) is 12.1 Å². The summed E-state index contributed by atoms with van der Waals surface area (Å²) in [4.78, 5) is 33.5. The number of phosphoric ester groups is 1. The van der Waals surface area contributed by atoms with Gasteiger partial charge in [0.05, 0.1) is 19.8 Å². The molecule has 3 atom stereocenters. The van der Waals surface area contributed by atoms with Gasteiger partial charge in [-0.05, 0) is 51.4 Å². The number of carbonyl (C=O) groups is 2. The zero-order valence-electron chi connectivity index (χ0n) is 34.3. The Bertz CT molecular complexity index is 1000. The van der Waals surface area contributed by atoms with E-state index in [9.17, 15) is 19.0 Å². The van der Waals surface area contributed by atoms with Crippen molar-refractivity contribution in [1.29, 1.82) is 0 Å². The number of aliphatic carboxylic acids is 1. The second kappa shape index (κ2) is 39.4. The minimum absolute atomic E-state index is 0.0122. The highest BCUT2D eigenvalue weighted by Crippen LogP contribution is 2.43. The number of ether oxygens (including phenoxy) is 2. The van der Waals surface area contributed by atoms with Gasteiger partial charge in [-0.2, -0.15) is 0 Å². The quantitative estimate of drug-likeness (QED) is 0.0236. The SMILES string of the molecule is CCCCC/C=C\C/C=C\C/C=C\CCCCCCCCCOCC(COP(=O)(O)OCC(N)C(=O)O)OC(=O)CCCCCCCCCCCCCC. The molecule has 0 spiro atoms. The molecular weight excluding hydrogens is 705 g/mol. The lowest BCUT2D eigenvalue weighted by molar-refractivity contribution is -0.154. The Morgan fingerprint density at radius 1 is 0.593 bits per heavy atom. The van der Waals surface area contributed by atoms with E-state index >= 15 is 0 Å². The van der Waals surface area contributed by atoms with E-state index in [-0.39, 0.29) is 13.0 Å². The fourth-order valence-corrected chi connectivity index (χ4v) is 6.56. The third-order valence-corrected chi connectivity index (χ3v) is 10.1. The van der Waals surface area contributed by atoms with Crippen molar-refractivity contribution < 1.29 is 42.7 Å². The molecule has 0 aromatic rings. The fourth-order valence-electron chi connectivity index (χ4n) is 5.79. The number of nitrogens with two attached hydrogens (primary N) is 1. The van der Waals surface area contributed by atoms with E-state index in [1.165, 1.54) is 109 Å². The Kier molecular flexibility index (Phi) is 38.1. The zero-order valence-corrected chi connectivity index (χ0v) is 35.2. The van der Waals surface area contributed by atoms with Crippen LogP contribution < -0.4 is 5.73 Å². The van der Waals surface area contributed by atoms with Crippen LogP contribution in [-0.4, -0.2) is 60.5 Å². The maximum atomic E-state index is 12.6. The molecule has 316 valence electrons. The number of allylic oxidation sites excluding steroid dienone is 6. The van der Waals surface area contributed by atoms with Crippen LogP contribution in [0.25, 0.3) is 0 Å². The zero-order chi connectivity index (χ0) is 39.8. The summed E-state index contributed by atoms with van der Waals surface area (Å²) in [5.74, 6) is -1.78.